The zero-order valence-corrected chi connectivity index (χ0v) is 15.2. The van der Waals surface area contributed by atoms with E-state index in [1.165, 1.54) is 0 Å². The first kappa shape index (κ1) is 17.1. The van der Waals surface area contributed by atoms with Gasteiger partial charge in [-0.3, -0.25) is 10.4 Å². The Bertz CT molecular complexity index is 941. The maximum atomic E-state index is 10.4. The lowest BCUT2D eigenvalue weighted by Gasteiger charge is -2.30. The highest BCUT2D eigenvalue weighted by Crippen LogP contribution is 2.32. The van der Waals surface area contributed by atoms with Crippen LogP contribution in [0.1, 0.15) is 12.8 Å². The lowest BCUT2D eigenvalue weighted by molar-refractivity contribution is -0.0754. The monoisotopic (exact) mass is 379 g/mol. The Balaban J connectivity index is 1.29. The molecular formula is C19H21N7O2. The second kappa shape index (κ2) is 7.17. The van der Waals surface area contributed by atoms with Crippen LogP contribution >= 0.6 is 0 Å². The average molecular weight is 379 g/mol. The van der Waals surface area contributed by atoms with Crippen molar-refractivity contribution in [2.75, 3.05) is 24.6 Å². The van der Waals surface area contributed by atoms with Crippen LogP contribution in [0, 0.1) is 0 Å². The van der Waals surface area contributed by atoms with E-state index in [4.69, 9.17) is 4.74 Å². The van der Waals surface area contributed by atoms with Gasteiger partial charge in [0.25, 0.3) is 0 Å². The Morgan fingerprint density at radius 2 is 2.11 bits per heavy atom. The van der Waals surface area contributed by atoms with Crippen LogP contribution in [-0.4, -0.2) is 62.5 Å². The molecule has 2 fully saturated rings. The van der Waals surface area contributed by atoms with Crippen LogP contribution in [0.5, 0.6) is 5.75 Å². The summed E-state index contributed by atoms with van der Waals surface area (Å²) in [5.41, 5.74) is 2.92. The van der Waals surface area contributed by atoms with Crippen LogP contribution in [0.3, 0.4) is 0 Å². The van der Waals surface area contributed by atoms with Gasteiger partial charge in [-0.15, -0.1) is 10.2 Å². The molecule has 3 N–H and O–H groups in total. The predicted molar refractivity (Wildman–Crippen MR) is 103 cm³/mol. The van der Waals surface area contributed by atoms with Crippen LogP contribution in [0.15, 0.2) is 36.8 Å². The number of benzene rings is 1. The molecule has 0 radical (unpaired) electrons. The summed E-state index contributed by atoms with van der Waals surface area (Å²) in [5, 5.41) is 29.2. The molecule has 144 valence electrons. The predicted octanol–water partition coefficient (Wildman–Crippen LogP) is 1.55. The van der Waals surface area contributed by atoms with Gasteiger partial charge >= 0.3 is 0 Å². The summed E-state index contributed by atoms with van der Waals surface area (Å²) in [7, 11) is 0. The molecule has 28 heavy (non-hydrogen) atoms. The fraction of sp³-hybridized carbons (Fsp3) is 0.368. The van der Waals surface area contributed by atoms with Gasteiger partial charge in [0.05, 0.1) is 19.0 Å². The summed E-state index contributed by atoms with van der Waals surface area (Å²) >= 11 is 0. The minimum Gasteiger partial charge on any atom is -0.507 e. The second-order valence-corrected chi connectivity index (χ2v) is 7.11. The summed E-state index contributed by atoms with van der Waals surface area (Å²) in [6.07, 6.45) is 7.44. The highest BCUT2D eigenvalue weighted by Gasteiger charge is 2.29. The van der Waals surface area contributed by atoms with Crippen molar-refractivity contribution in [3.8, 4) is 28.1 Å². The zero-order chi connectivity index (χ0) is 18.9. The van der Waals surface area contributed by atoms with Crippen LogP contribution < -0.4 is 10.2 Å². The Kier molecular flexibility index (Phi) is 4.38. The second-order valence-electron chi connectivity index (χ2n) is 7.11. The molecule has 0 spiro atoms. The molecule has 2 aliphatic rings. The van der Waals surface area contributed by atoms with Gasteiger partial charge in [-0.1, -0.05) is 6.07 Å². The Morgan fingerprint density at radius 1 is 1.18 bits per heavy atom. The first-order chi connectivity index (χ1) is 13.8. The number of phenolic OH excluding ortho intramolecular Hbond substituents is 1. The number of rotatable bonds is 5. The first-order valence-corrected chi connectivity index (χ1v) is 9.41. The smallest absolute Gasteiger partial charge is 0.245 e. The molecule has 9 nitrogen and oxygen atoms in total. The number of aromatic nitrogens is 5. The highest BCUT2D eigenvalue weighted by molar-refractivity contribution is 5.73. The maximum absolute atomic E-state index is 10.4. The topological polar surface area (TPSA) is 112 Å². The highest BCUT2D eigenvalue weighted by atomic mass is 16.5. The van der Waals surface area contributed by atoms with Crippen molar-refractivity contribution in [3.05, 3.63) is 36.8 Å². The van der Waals surface area contributed by atoms with Gasteiger partial charge in [0, 0.05) is 42.9 Å². The van der Waals surface area contributed by atoms with Gasteiger partial charge in [0.1, 0.15) is 17.7 Å². The Morgan fingerprint density at radius 3 is 2.79 bits per heavy atom. The van der Waals surface area contributed by atoms with E-state index in [0.29, 0.717) is 23.2 Å². The SMILES string of the molecule is Oc1cc(-c2cn[nH]c2)ccc1-c1cnc(N2CCC(NC3CCO3)C2)nn1. The van der Waals surface area contributed by atoms with Crippen molar-refractivity contribution in [1.82, 2.24) is 30.7 Å². The summed E-state index contributed by atoms with van der Waals surface area (Å²) in [5.74, 6) is 0.741. The number of anilines is 1. The van der Waals surface area contributed by atoms with E-state index in [9.17, 15) is 5.11 Å². The van der Waals surface area contributed by atoms with Crippen molar-refractivity contribution >= 4 is 5.95 Å². The molecule has 9 heteroatoms. The van der Waals surface area contributed by atoms with Crippen LogP contribution in [0.4, 0.5) is 5.95 Å². The van der Waals surface area contributed by atoms with Gasteiger partial charge in [-0.05, 0) is 24.1 Å². The lowest BCUT2D eigenvalue weighted by atomic mass is 10.0. The quantitative estimate of drug-likeness (QED) is 0.612. The van der Waals surface area contributed by atoms with Gasteiger partial charge in [-0.25, -0.2) is 4.98 Å². The standard InChI is InChI=1S/C19H21N7O2/c27-17-7-12(13-8-21-22-9-13)1-2-15(17)16-10-20-19(25-24-16)26-5-3-14(11-26)23-18-4-6-28-18/h1-2,7-10,14,18,23,27H,3-6,11H2,(H,21,22). The number of phenols is 1. The molecule has 4 heterocycles. The van der Waals surface area contributed by atoms with E-state index < -0.39 is 0 Å². The number of aromatic amines is 1. The van der Waals surface area contributed by atoms with Gasteiger partial charge in [0.2, 0.25) is 5.95 Å². The van der Waals surface area contributed by atoms with Crippen molar-refractivity contribution in [3.63, 3.8) is 0 Å². The van der Waals surface area contributed by atoms with E-state index >= 15 is 0 Å². The molecular weight excluding hydrogens is 358 g/mol. The van der Waals surface area contributed by atoms with Crippen LogP contribution in [0.2, 0.25) is 0 Å². The number of nitrogens with one attached hydrogen (secondary N) is 2. The normalized spacial score (nSPS) is 21.6. The molecule has 0 saturated carbocycles. The number of nitrogens with zero attached hydrogens (tertiary/aromatic N) is 5. The Hall–Kier alpha value is -3.04. The van der Waals surface area contributed by atoms with Gasteiger partial charge in [0.15, 0.2) is 0 Å². The van der Waals surface area contributed by atoms with Crippen molar-refractivity contribution in [2.24, 2.45) is 0 Å². The molecule has 2 aromatic heterocycles. The largest absolute Gasteiger partial charge is 0.507 e. The summed E-state index contributed by atoms with van der Waals surface area (Å²) in [4.78, 5) is 6.59. The third kappa shape index (κ3) is 3.30. The average Bonchev–Trinajstić information content (AvgIpc) is 3.37. The molecule has 2 unspecified atom stereocenters. The number of ether oxygens (including phenoxy) is 1. The minimum atomic E-state index is 0.133. The van der Waals surface area contributed by atoms with E-state index in [0.717, 1.165) is 43.7 Å². The van der Waals surface area contributed by atoms with E-state index in [-0.39, 0.29) is 12.0 Å². The molecule has 1 aromatic carbocycles. The third-order valence-corrected chi connectivity index (χ3v) is 5.25. The molecule has 0 bridgehead atoms. The first-order valence-electron chi connectivity index (χ1n) is 9.41. The molecule has 2 saturated heterocycles. The van der Waals surface area contributed by atoms with Crippen LogP contribution in [0.25, 0.3) is 22.4 Å². The number of H-pyrrole nitrogens is 1. The summed E-state index contributed by atoms with van der Waals surface area (Å²) < 4.78 is 5.44. The third-order valence-electron chi connectivity index (χ3n) is 5.25. The minimum absolute atomic E-state index is 0.133. The van der Waals surface area contributed by atoms with Gasteiger partial charge in [-0.2, -0.15) is 5.10 Å². The molecule has 3 aromatic rings. The zero-order valence-electron chi connectivity index (χ0n) is 15.2. The summed E-state index contributed by atoms with van der Waals surface area (Å²) in [6, 6.07) is 5.80. The summed E-state index contributed by atoms with van der Waals surface area (Å²) in [6.45, 7) is 2.57. The lowest BCUT2D eigenvalue weighted by Crippen LogP contribution is -2.47. The van der Waals surface area contributed by atoms with Gasteiger partial charge < -0.3 is 14.7 Å². The number of aromatic hydroxyl groups is 1. The number of hydrogen-bond donors (Lipinski definition) is 3. The fourth-order valence-electron chi connectivity index (χ4n) is 3.58. The fourth-order valence-corrected chi connectivity index (χ4v) is 3.58. The molecule has 0 aliphatic carbocycles. The van der Waals surface area contributed by atoms with Crippen LogP contribution in [-0.2, 0) is 4.74 Å². The van der Waals surface area contributed by atoms with E-state index in [2.05, 4.69) is 35.6 Å². The molecule has 5 rings (SSSR count). The molecule has 2 aliphatic heterocycles. The van der Waals surface area contributed by atoms with Crippen molar-refractivity contribution < 1.29 is 9.84 Å². The van der Waals surface area contributed by atoms with E-state index in [1.54, 1.807) is 24.7 Å². The van der Waals surface area contributed by atoms with E-state index in [1.807, 2.05) is 12.1 Å². The van der Waals surface area contributed by atoms with Crippen molar-refractivity contribution in [2.45, 2.75) is 25.1 Å². The maximum Gasteiger partial charge on any atom is 0.245 e. The molecule has 0 amide bonds. The van der Waals surface area contributed by atoms with Crippen molar-refractivity contribution in [1.29, 1.82) is 0 Å². The number of hydrogen-bond acceptors (Lipinski definition) is 8. The molecule has 2 atom stereocenters. The Labute approximate surface area is 161 Å².